The first-order valence-corrected chi connectivity index (χ1v) is 15.2. The largest absolute Gasteiger partial charge is 0.389 e. The fourth-order valence-electron chi connectivity index (χ4n) is 6.74. The van der Waals surface area contributed by atoms with Gasteiger partial charge in [-0.3, -0.25) is 0 Å². The van der Waals surface area contributed by atoms with E-state index in [2.05, 4.69) is 12.1 Å². The third kappa shape index (κ3) is 3.33. The van der Waals surface area contributed by atoms with E-state index in [1.54, 1.807) is 0 Å². The van der Waals surface area contributed by atoms with Gasteiger partial charge in [0, 0.05) is 16.8 Å². The van der Waals surface area contributed by atoms with Crippen LogP contribution in [0.15, 0.2) is 109 Å². The van der Waals surface area contributed by atoms with Crippen molar-refractivity contribution in [3.63, 3.8) is 0 Å². The highest BCUT2D eigenvalue weighted by molar-refractivity contribution is 7.79. The molecule has 0 unspecified atom stereocenters. The Morgan fingerprint density at radius 2 is 0.875 bits per heavy atom. The molecule has 8 aromatic carbocycles. The van der Waals surface area contributed by atoms with Gasteiger partial charge in [-0.2, -0.15) is 13.2 Å². The molecular weight excluding hydrogens is 524 g/mol. The van der Waals surface area contributed by atoms with Crippen LogP contribution in [-0.2, 0) is 4.57 Å². The molecule has 0 fully saturated rings. The Bertz CT molecular complexity index is 2150. The fourth-order valence-corrected chi connectivity index (χ4v) is 9.89. The number of benzene rings is 8. The van der Waals surface area contributed by atoms with E-state index in [-0.39, 0.29) is 0 Å². The number of halogens is 3. The van der Waals surface area contributed by atoms with E-state index in [9.17, 15) is 13.2 Å². The predicted octanol–water partition coefficient (Wildman–Crippen LogP) is 9.75. The topological polar surface area (TPSA) is 17.1 Å². The number of hydrogen-bond acceptors (Lipinski definition) is 1. The van der Waals surface area contributed by atoms with Crippen molar-refractivity contribution in [1.82, 2.24) is 0 Å². The van der Waals surface area contributed by atoms with Crippen LogP contribution in [0.25, 0.3) is 64.6 Å². The highest BCUT2D eigenvalue weighted by Crippen LogP contribution is 2.52. The van der Waals surface area contributed by atoms with Gasteiger partial charge in [0.15, 0.2) is 0 Å². The van der Waals surface area contributed by atoms with E-state index in [1.807, 2.05) is 97.1 Å². The van der Waals surface area contributed by atoms with Crippen molar-refractivity contribution in [3.05, 3.63) is 109 Å². The van der Waals surface area contributed by atoms with Crippen molar-refractivity contribution in [2.24, 2.45) is 0 Å². The fraction of sp³-hybridized carbons (Fsp3) is 0.0857. The van der Waals surface area contributed by atoms with Crippen molar-refractivity contribution in [2.45, 2.75) is 12.6 Å². The van der Waals surface area contributed by atoms with Gasteiger partial charge >= 0.3 is 6.18 Å². The summed E-state index contributed by atoms with van der Waals surface area (Å²) in [7, 11) is -3.81. The summed E-state index contributed by atoms with van der Waals surface area (Å²) in [5, 5.41) is 12.4. The van der Waals surface area contributed by atoms with Crippen LogP contribution in [0.1, 0.15) is 6.42 Å². The van der Waals surface area contributed by atoms with E-state index in [0.717, 1.165) is 64.6 Å². The summed E-state index contributed by atoms with van der Waals surface area (Å²) >= 11 is 0. The lowest BCUT2D eigenvalue weighted by Gasteiger charge is -2.26. The molecule has 8 rings (SSSR count). The maximum absolute atomic E-state index is 15.7. The molecule has 0 radical (unpaired) electrons. The van der Waals surface area contributed by atoms with Crippen LogP contribution < -0.4 is 10.6 Å². The monoisotopic (exact) mass is 546 g/mol. The van der Waals surface area contributed by atoms with Gasteiger partial charge < -0.3 is 4.57 Å². The molecule has 0 aliphatic carbocycles. The second-order valence-corrected chi connectivity index (χ2v) is 13.6. The first-order chi connectivity index (χ1) is 19.3. The minimum absolute atomic E-state index is 0.489. The molecule has 0 aliphatic heterocycles. The molecule has 0 aliphatic rings. The molecule has 0 heterocycles. The zero-order valence-electron chi connectivity index (χ0n) is 21.3. The van der Waals surface area contributed by atoms with Crippen LogP contribution in [-0.4, -0.2) is 12.3 Å². The third-order valence-electron chi connectivity index (χ3n) is 8.46. The summed E-state index contributed by atoms with van der Waals surface area (Å²) in [6.07, 6.45) is -6.05. The van der Waals surface area contributed by atoms with Crippen LogP contribution in [0.3, 0.4) is 0 Å². The molecule has 1 nitrogen and oxygen atoms in total. The second kappa shape index (κ2) is 8.19. The first kappa shape index (κ1) is 23.7. The smallest absolute Gasteiger partial charge is 0.314 e. The Balaban J connectivity index is 1.55. The van der Waals surface area contributed by atoms with Crippen molar-refractivity contribution < 1.29 is 17.7 Å². The summed E-state index contributed by atoms with van der Waals surface area (Å²) in [5.74, 6) is 0. The molecule has 0 aromatic heterocycles. The van der Waals surface area contributed by atoms with E-state index < -0.39 is 25.9 Å². The molecule has 0 amide bonds. The Kier molecular flexibility index (Phi) is 4.86. The van der Waals surface area contributed by atoms with E-state index in [0.29, 0.717) is 10.6 Å². The number of rotatable bonds is 4. The molecule has 0 bridgehead atoms. The van der Waals surface area contributed by atoms with Gasteiger partial charge in [0.05, 0.1) is 6.42 Å². The third-order valence-corrected chi connectivity index (χ3v) is 11.6. The highest BCUT2D eigenvalue weighted by atomic mass is 31.2. The average Bonchev–Trinajstić information content (AvgIpc) is 2.97. The van der Waals surface area contributed by atoms with Crippen molar-refractivity contribution in [2.75, 3.05) is 6.16 Å². The minimum Gasteiger partial charge on any atom is -0.314 e. The summed E-state index contributed by atoms with van der Waals surface area (Å²) in [6, 6.07) is 35.6. The van der Waals surface area contributed by atoms with Gasteiger partial charge in [-0.25, -0.2) is 0 Å². The normalized spacial score (nSPS) is 13.2. The molecule has 0 saturated heterocycles. The molecule has 5 heteroatoms. The lowest BCUT2D eigenvalue weighted by molar-refractivity contribution is -0.129. The van der Waals surface area contributed by atoms with Crippen molar-refractivity contribution >= 4 is 82.4 Å². The van der Waals surface area contributed by atoms with Gasteiger partial charge in [0.2, 0.25) is 0 Å². The molecule has 194 valence electrons. The molecular formula is C35H22F3OP. The maximum Gasteiger partial charge on any atom is 0.389 e. The van der Waals surface area contributed by atoms with E-state index in [1.165, 1.54) is 0 Å². The van der Waals surface area contributed by atoms with E-state index >= 15 is 4.57 Å². The Labute approximate surface area is 227 Å². The van der Waals surface area contributed by atoms with Crippen LogP contribution >= 0.6 is 7.14 Å². The van der Waals surface area contributed by atoms with Crippen LogP contribution in [0.4, 0.5) is 13.2 Å². The molecule has 40 heavy (non-hydrogen) atoms. The number of alkyl halides is 3. The molecule has 0 saturated carbocycles. The van der Waals surface area contributed by atoms with Crippen molar-refractivity contribution in [3.8, 4) is 0 Å². The second-order valence-electron chi connectivity index (χ2n) is 10.7. The Morgan fingerprint density at radius 1 is 0.500 bits per heavy atom. The van der Waals surface area contributed by atoms with Gasteiger partial charge in [-0.15, -0.1) is 0 Å². The standard InChI is InChI=1S/C35H22F3OP/c36-35(37,38)17-18-40(39,29-19-25-9-1-5-21-13-15-23-7-3-11-27(29)33(23)31(21)25)30-20-26-10-2-6-22-14-16-24-8-4-12-28(30)34(24)32(22)26/h1-16,19-20H,17-18H2. The summed E-state index contributed by atoms with van der Waals surface area (Å²) in [5.41, 5.74) is 0. The Morgan fingerprint density at radius 3 is 1.30 bits per heavy atom. The molecule has 0 N–H and O–H groups in total. The summed E-state index contributed by atoms with van der Waals surface area (Å²) in [6.45, 7) is 0. The van der Waals surface area contributed by atoms with Gasteiger partial charge in [-0.1, -0.05) is 97.1 Å². The zero-order chi connectivity index (χ0) is 27.2. The van der Waals surface area contributed by atoms with Crippen molar-refractivity contribution in [1.29, 1.82) is 0 Å². The van der Waals surface area contributed by atoms with Crippen LogP contribution in [0.5, 0.6) is 0 Å². The highest BCUT2D eigenvalue weighted by Gasteiger charge is 2.38. The molecule has 0 spiro atoms. The zero-order valence-corrected chi connectivity index (χ0v) is 22.2. The average molecular weight is 547 g/mol. The van der Waals surface area contributed by atoms with Gasteiger partial charge in [0.1, 0.15) is 7.14 Å². The lowest BCUT2D eigenvalue weighted by atomic mass is 9.94. The van der Waals surface area contributed by atoms with Crippen LogP contribution in [0, 0.1) is 0 Å². The van der Waals surface area contributed by atoms with Crippen LogP contribution in [0.2, 0.25) is 0 Å². The lowest BCUT2D eigenvalue weighted by Crippen LogP contribution is -2.23. The SMILES string of the molecule is O=P(CCC(F)(F)F)(c1cc2cccc3ccc4cccc1c4c32)c1cc2cccc3ccc4cccc1c4c32. The van der Waals surface area contributed by atoms with E-state index in [4.69, 9.17) is 0 Å². The Hall–Kier alpha value is -4.14. The van der Waals surface area contributed by atoms with Gasteiger partial charge in [0.25, 0.3) is 0 Å². The summed E-state index contributed by atoms with van der Waals surface area (Å²) < 4.78 is 57.3. The predicted molar refractivity (Wildman–Crippen MR) is 163 cm³/mol. The molecule has 0 atom stereocenters. The quantitative estimate of drug-likeness (QED) is 0.159. The molecule has 8 aromatic rings. The minimum atomic E-state index is -4.44. The first-order valence-electron chi connectivity index (χ1n) is 13.3. The summed E-state index contributed by atoms with van der Waals surface area (Å²) in [4.78, 5) is 0. The number of hydrogen-bond donors (Lipinski definition) is 0. The maximum atomic E-state index is 15.7. The van der Waals surface area contributed by atoms with Gasteiger partial charge in [-0.05, 0) is 76.8 Å².